The van der Waals surface area contributed by atoms with E-state index in [9.17, 15) is 9.59 Å². The van der Waals surface area contributed by atoms with Gasteiger partial charge in [-0.15, -0.1) is 0 Å². The summed E-state index contributed by atoms with van der Waals surface area (Å²) in [6, 6.07) is 9.70. The zero-order valence-corrected chi connectivity index (χ0v) is 19.3. The molecule has 0 saturated heterocycles. The summed E-state index contributed by atoms with van der Waals surface area (Å²) in [6.07, 6.45) is 1.33. The van der Waals surface area contributed by atoms with Crippen molar-refractivity contribution in [2.24, 2.45) is 5.10 Å². The maximum absolute atomic E-state index is 13.5. The molecule has 2 amide bonds. The first-order valence-electron chi connectivity index (χ1n) is 10.9. The Bertz CT molecular complexity index is 1110. The molecule has 2 aromatic rings. The molecule has 32 heavy (non-hydrogen) atoms. The third kappa shape index (κ3) is 3.83. The zero-order valence-electron chi connectivity index (χ0n) is 19.3. The summed E-state index contributed by atoms with van der Waals surface area (Å²) in [6.45, 7) is 6.51. The van der Waals surface area contributed by atoms with E-state index in [1.165, 1.54) is 5.01 Å². The number of anilines is 1. The van der Waals surface area contributed by atoms with Gasteiger partial charge in [-0.25, -0.2) is 5.01 Å². The molecule has 7 heteroatoms. The van der Waals surface area contributed by atoms with Gasteiger partial charge in [-0.3, -0.25) is 9.59 Å². The Morgan fingerprint density at radius 3 is 2.47 bits per heavy atom. The molecule has 7 nitrogen and oxygen atoms in total. The number of hydrogen-bond donors (Lipinski definition) is 0. The highest BCUT2D eigenvalue weighted by Gasteiger charge is 2.34. The second-order valence-corrected chi connectivity index (χ2v) is 8.37. The van der Waals surface area contributed by atoms with Crippen molar-refractivity contribution in [2.75, 3.05) is 25.8 Å². The van der Waals surface area contributed by atoms with E-state index in [1.807, 2.05) is 56.0 Å². The summed E-state index contributed by atoms with van der Waals surface area (Å²) in [5, 5.41) is 5.92. The van der Waals surface area contributed by atoms with E-state index in [0.29, 0.717) is 30.2 Å². The third-order valence-corrected chi connectivity index (χ3v) is 6.32. The van der Waals surface area contributed by atoms with Crippen LogP contribution in [0.15, 0.2) is 35.4 Å². The number of ether oxygens (including phenoxy) is 2. The van der Waals surface area contributed by atoms with E-state index in [-0.39, 0.29) is 24.3 Å². The van der Waals surface area contributed by atoms with Crippen LogP contribution in [0.2, 0.25) is 0 Å². The number of amides is 2. The molecule has 0 bridgehead atoms. The first kappa shape index (κ1) is 21.9. The lowest BCUT2D eigenvalue weighted by Gasteiger charge is -2.36. The van der Waals surface area contributed by atoms with Crippen LogP contribution in [0.3, 0.4) is 0 Å². The summed E-state index contributed by atoms with van der Waals surface area (Å²) in [7, 11) is 3.23. The van der Waals surface area contributed by atoms with Gasteiger partial charge in [0.05, 0.1) is 25.9 Å². The number of hydrogen-bond acceptors (Lipinski definition) is 5. The monoisotopic (exact) mass is 435 g/mol. The Hall–Kier alpha value is -3.35. The highest BCUT2D eigenvalue weighted by Crippen LogP contribution is 2.38. The lowest BCUT2D eigenvalue weighted by atomic mass is 9.92. The average molecular weight is 436 g/mol. The van der Waals surface area contributed by atoms with Gasteiger partial charge in [0.1, 0.15) is 5.71 Å². The molecule has 0 saturated carbocycles. The van der Waals surface area contributed by atoms with Crippen molar-refractivity contribution < 1.29 is 19.1 Å². The van der Waals surface area contributed by atoms with Crippen molar-refractivity contribution in [1.82, 2.24) is 4.90 Å². The second kappa shape index (κ2) is 8.65. The van der Waals surface area contributed by atoms with Crippen LogP contribution in [0.4, 0.5) is 5.69 Å². The van der Waals surface area contributed by atoms with Crippen LogP contribution < -0.4 is 14.5 Å². The molecule has 0 radical (unpaired) electrons. The smallest absolute Gasteiger partial charge is 0.270 e. The molecule has 0 aliphatic carbocycles. The van der Waals surface area contributed by atoms with Crippen LogP contribution in [0.5, 0.6) is 11.5 Å². The van der Waals surface area contributed by atoms with Gasteiger partial charge in [-0.1, -0.05) is 12.1 Å². The summed E-state index contributed by atoms with van der Waals surface area (Å²) in [5.74, 6) is 1.12. The van der Waals surface area contributed by atoms with E-state index in [2.05, 4.69) is 5.10 Å². The van der Waals surface area contributed by atoms with Gasteiger partial charge in [0, 0.05) is 19.4 Å². The summed E-state index contributed by atoms with van der Waals surface area (Å²) < 4.78 is 10.9. The number of carbonyl (C=O) groups excluding carboxylic acids is 2. The largest absolute Gasteiger partial charge is 0.493 e. The van der Waals surface area contributed by atoms with E-state index in [0.717, 1.165) is 34.4 Å². The lowest BCUT2D eigenvalue weighted by Crippen LogP contribution is -2.45. The number of nitrogens with zero attached hydrogens (tertiary/aromatic N) is 3. The number of fused-ring (bicyclic) bond motifs is 1. The first-order valence-corrected chi connectivity index (χ1v) is 10.9. The maximum atomic E-state index is 13.5. The molecule has 168 valence electrons. The Labute approximate surface area is 188 Å². The highest BCUT2D eigenvalue weighted by atomic mass is 16.5. The predicted molar refractivity (Wildman–Crippen MR) is 123 cm³/mol. The van der Waals surface area contributed by atoms with Crippen molar-refractivity contribution in [2.45, 2.75) is 46.1 Å². The van der Waals surface area contributed by atoms with Gasteiger partial charge in [-0.05, 0) is 67.6 Å². The maximum Gasteiger partial charge on any atom is 0.270 e. The number of benzene rings is 2. The minimum Gasteiger partial charge on any atom is -0.493 e. The molecular weight excluding hydrogens is 406 g/mol. The Morgan fingerprint density at radius 1 is 1.03 bits per heavy atom. The lowest BCUT2D eigenvalue weighted by molar-refractivity contribution is -0.126. The van der Waals surface area contributed by atoms with Gasteiger partial charge in [-0.2, -0.15) is 5.10 Å². The fraction of sp³-hybridized carbons (Fsp3) is 0.400. The minimum absolute atomic E-state index is 0.0934. The number of carbonyl (C=O) groups is 2. The Morgan fingerprint density at radius 2 is 1.75 bits per heavy atom. The topological polar surface area (TPSA) is 71.4 Å². The molecule has 2 aliphatic heterocycles. The highest BCUT2D eigenvalue weighted by molar-refractivity contribution is 6.40. The Balaban J connectivity index is 1.64. The molecule has 0 fully saturated rings. The predicted octanol–water partition coefficient (Wildman–Crippen LogP) is 3.95. The van der Waals surface area contributed by atoms with E-state index in [4.69, 9.17) is 9.47 Å². The van der Waals surface area contributed by atoms with Crippen LogP contribution in [0.1, 0.15) is 48.1 Å². The molecule has 0 aromatic heterocycles. The van der Waals surface area contributed by atoms with Gasteiger partial charge in [0.15, 0.2) is 11.5 Å². The first-order chi connectivity index (χ1) is 15.3. The molecule has 0 unspecified atom stereocenters. The standard InChI is InChI=1S/C25H29N3O4/c1-15-6-7-16(2)21(12-15)28-24(29)9-8-20(26-28)25(30)27-11-10-18-13-22(31-4)23(32-5)14-19(18)17(27)3/h6-7,12-14,17H,8-11H2,1-5H3/t17-/m0/s1. The van der Waals surface area contributed by atoms with Crippen LogP contribution >= 0.6 is 0 Å². The molecule has 0 N–H and O–H groups in total. The quantitative estimate of drug-likeness (QED) is 0.729. The van der Waals surface area contributed by atoms with Crippen molar-refractivity contribution in [1.29, 1.82) is 0 Å². The molecule has 2 heterocycles. The second-order valence-electron chi connectivity index (χ2n) is 8.37. The number of rotatable bonds is 4. The Kier molecular flexibility index (Phi) is 5.91. The van der Waals surface area contributed by atoms with E-state index < -0.39 is 0 Å². The zero-order chi connectivity index (χ0) is 23.0. The van der Waals surface area contributed by atoms with Crippen molar-refractivity contribution in [3.63, 3.8) is 0 Å². The molecule has 0 spiro atoms. The summed E-state index contributed by atoms with van der Waals surface area (Å²) in [4.78, 5) is 28.0. The molecule has 2 aliphatic rings. The third-order valence-electron chi connectivity index (χ3n) is 6.32. The van der Waals surface area contributed by atoms with E-state index in [1.54, 1.807) is 14.2 Å². The van der Waals surface area contributed by atoms with Gasteiger partial charge in [0.25, 0.3) is 5.91 Å². The number of hydrazone groups is 1. The fourth-order valence-electron chi connectivity index (χ4n) is 4.43. The molecule has 2 aromatic carbocycles. The minimum atomic E-state index is -0.138. The number of aryl methyl sites for hydroxylation is 2. The van der Waals surface area contributed by atoms with Gasteiger partial charge in [0.2, 0.25) is 5.91 Å². The van der Waals surface area contributed by atoms with Crippen molar-refractivity contribution >= 4 is 23.2 Å². The van der Waals surface area contributed by atoms with Crippen molar-refractivity contribution in [3.8, 4) is 11.5 Å². The number of methoxy groups -OCH3 is 2. The average Bonchev–Trinajstić information content (AvgIpc) is 2.80. The van der Waals surface area contributed by atoms with Crippen molar-refractivity contribution in [3.05, 3.63) is 52.6 Å². The molecular formula is C25H29N3O4. The SMILES string of the molecule is COc1cc2c(cc1OC)[C@H](C)N(C(=O)C1=NN(c3cc(C)ccc3C)C(=O)CC1)CC2. The molecule has 4 rings (SSSR count). The van der Waals surface area contributed by atoms with Crippen LogP contribution in [0.25, 0.3) is 0 Å². The van der Waals surface area contributed by atoms with Gasteiger partial charge < -0.3 is 14.4 Å². The normalized spacial score (nSPS) is 18.2. The fourth-order valence-corrected chi connectivity index (χ4v) is 4.43. The van der Waals surface area contributed by atoms with Crippen LogP contribution in [-0.2, 0) is 16.0 Å². The molecule has 1 atom stereocenters. The van der Waals surface area contributed by atoms with Gasteiger partial charge >= 0.3 is 0 Å². The summed E-state index contributed by atoms with van der Waals surface area (Å²) >= 11 is 0. The summed E-state index contributed by atoms with van der Waals surface area (Å²) in [5.41, 5.74) is 5.33. The van der Waals surface area contributed by atoms with Crippen LogP contribution in [0, 0.1) is 13.8 Å². The van der Waals surface area contributed by atoms with E-state index >= 15 is 0 Å². The van der Waals surface area contributed by atoms with Crippen LogP contribution in [-0.4, -0.2) is 43.2 Å².